The first-order valence-corrected chi connectivity index (χ1v) is 6.60. The minimum Gasteiger partial charge on any atom is -0.410 e. The van der Waals surface area contributed by atoms with Crippen LogP contribution in [0.3, 0.4) is 0 Å². The van der Waals surface area contributed by atoms with Gasteiger partial charge in [0.25, 0.3) is 0 Å². The first-order valence-electron chi connectivity index (χ1n) is 6.60. The summed E-state index contributed by atoms with van der Waals surface area (Å²) in [4.78, 5) is 25.1. The van der Waals surface area contributed by atoms with Crippen LogP contribution in [0.25, 0.3) is 11.0 Å². The molecular weight excluding hydrogens is 280 g/mol. The zero-order valence-corrected chi connectivity index (χ0v) is 11.8. The lowest BCUT2D eigenvalue weighted by atomic mass is 10.0. The van der Waals surface area contributed by atoms with E-state index >= 15 is 0 Å². The van der Waals surface area contributed by atoms with Gasteiger partial charge in [-0.25, -0.2) is 0 Å². The molecule has 3 aromatic rings. The van der Waals surface area contributed by atoms with Gasteiger partial charge in [0.1, 0.15) is 0 Å². The van der Waals surface area contributed by atoms with Crippen LogP contribution < -0.4 is 0 Å². The number of aryl methyl sites for hydroxylation is 1. The van der Waals surface area contributed by atoms with Crippen LogP contribution in [0.15, 0.2) is 53.9 Å². The zero-order chi connectivity index (χ0) is 15.5. The third-order valence-electron chi connectivity index (χ3n) is 3.18. The quantitative estimate of drug-likeness (QED) is 0.346. The predicted molar refractivity (Wildman–Crippen MR) is 81.2 cm³/mol. The molecule has 0 atom stereocenters. The van der Waals surface area contributed by atoms with Gasteiger partial charge in [-0.15, -0.1) is 0 Å². The number of pyridine rings is 1. The molecule has 0 spiro atoms. The summed E-state index contributed by atoms with van der Waals surface area (Å²) in [6, 6.07) is 10.1. The SMILES string of the molecule is Cc1cccc(/C(=N/O)C(=O)c2ccc3nccnc3c2)n1. The molecule has 3 rings (SSSR count). The maximum Gasteiger partial charge on any atom is 0.217 e. The molecular formula is C16H12N4O2. The minimum atomic E-state index is -0.423. The number of hydrogen-bond donors (Lipinski definition) is 1. The molecule has 0 radical (unpaired) electrons. The molecule has 0 saturated carbocycles. The lowest BCUT2D eigenvalue weighted by molar-refractivity contribution is 0.106. The van der Waals surface area contributed by atoms with Crippen LogP contribution in [0.5, 0.6) is 0 Å². The Labute approximate surface area is 126 Å². The van der Waals surface area contributed by atoms with Crippen molar-refractivity contribution in [2.75, 3.05) is 0 Å². The van der Waals surface area contributed by atoms with Crippen LogP contribution in [0.2, 0.25) is 0 Å². The summed E-state index contributed by atoms with van der Waals surface area (Å²) in [5, 5.41) is 12.3. The fourth-order valence-electron chi connectivity index (χ4n) is 2.13. The van der Waals surface area contributed by atoms with E-state index in [1.54, 1.807) is 55.7 Å². The maximum atomic E-state index is 12.6. The lowest BCUT2D eigenvalue weighted by Gasteiger charge is -2.05. The first kappa shape index (κ1) is 13.8. The van der Waals surface area contributed by atoms with Crippen molar-refractivity contribution in [1.82, 2.24) is 15.0 Å². The Morgan fingerprint density at radius 3 is 2.59 bits per heavy atom. The Kier molecular flexibility index (Phi) is 3.57. The van der Waals surface area contributed by atoms with Gasteiger partial charge in [-0.2, -0.15) is 0 Å². The Bertz CT molecular complexity index is 890. The number of hydrogen-bond acceptors (Lipinski definition) is 6. The summed E-state index contributed by atoms with van der Waals surface area (Å²) in [7, 11) is 0. The number of aromatic nitrogens is 3. The molecule has 0 aliphatic rings. The number of Topliss-reactive ketones (excluding diaryl/α,β-unsaturated/α-hetero) is 1. The van der Waals surface area contributed by atoms with E-state index < -0.39 is 5.78 Å². The topological polar surface area (TPSA) is 88.3 Å². The molecule has 0 aliphatic heterocycles. The van der Waals surface area contributed by atoms with Crippen molar-refractivity contribution in [3.8, 4) is 0 Å². The first-order chi connectivity index (χ1) is 10.7. The van der Waals surface area contributed by atoms with Gasteiger partial charge >= 0.3 is 0 Å². The molecule has 2 aromatic heterocycles. The molecule has 108 valence electrons. The fraction of sp³-hybridized carbons (Fsp3) is 0.0625. The summed E-state index contributed by atoms with van der Waals surface area (Å²) in [6.07, 6.45) is 3.14. The molecule has 1 aromatic carbocycles. The summed E-state index contributed by atoms with van der Waals surface area (Å²) in [5.41, 5.74) is 2.61. The number of benzene rings is 1. The van der Waals surface area contributed by atoms with Crippen molar-refractivity contribution in [3.63, 3.8) is 0 Å². The number of nitrogens with zero attached hydrogens (tertiary/aromatic N) is 4. The molecule has 2 heterocycles. The molecule has 0 unspecified atom stereocenters. The van der Waals surface area contributed by atoms with E-state index in [0.717, 1.165) is 5.69 Å². The summed E-state index contributed by atoms with van der Waals surface area (Å²) in [6.45, 7) is 1.80. The van der Waals surface area contributed by atoms with E-state index in [1.807, 2.05) is 0 Å². The number of fused-ring (bicyclic) bond motifs is 1. The standard InChI is InChI=1S/C16H12N4O2/c1-10-3-2-4-13(19-10)15(20-22)16(21)11-5-6-12-14(9-11)18-8-7-17-12/h2-9,22H,1H3/b20-15-. The van der Waals surface area contributed by atoms with Gasteiger partial charge in [0, 0.05) is 23.7 Å². The largest absolute Gasteiger partial charge is 0.410 e. The molecule has 6 heteroatoms. The highest BCUT2D eigenvalue weighted by Gasteiger charge is 2.19. The Morgan fingerprint density at radius 1 is 1.09 bits per heavy atom. The lowest BCUT2D eigenvalue weighted by Crippen LogP contribution is -2.17. The Hall–Kier alpha value is -3.15. The molecule has 0 amide bonds. The van der Waals surface area contributed by atoms with Crippen LogP contribution in [-0.4, -0.2) is 31.7 Å². The van der Waals surface area contributed by atoms with Crippen LogP contribution >= 0.6 is 0 Å². The van der Waals surface area contributed by atoms with E-state index in [-0.39, 0.29) is 5.71 Å². The van der Waals surface area contributed by atoms with Gasteiger partial charge in [0.15, 0.2) is 5.71 Å². The van der Waals surface area contributed by atoms with Gasteiger partial charge in [0.05, 0.1) is 16.7 Å². The third-order valence-corrected chi connectivity index (χ3v) is 3.18. The van der Waals surface area contributed by atoms with Crippen molar-refractivity contribution in [2.45, 2.75) is 6.92 Å². The van der Waals surface area contributed by atoms with Crippen molar-refractivity contribution < 1.29 is 10.0 Å². The van der Waals surface area contributed by atoms with E-state index in [4.69, 9.17) is 0 Å². The number of rotatable bonds is 3. The maximum absolute atomic E-state index is 12.6. The van der Waals surface area contributed by atoms with E-state index in [2.05, 4.69) is 20.1 Å². The fourth-order valence-corrected chi connectivity index (χ4v) is 2.13. The number of oxime groups is 1. The molecule has 6 nitrogen and oxygen atoms in total. The monoisotopic (exact) mass is 292 g/mol. The molecule has 22 heavy (non-hydrogen) atoms. The second-order valence-electron chi connectivity index (χ2n) is 4.70. The summed E-state index contributed by atoms with van der Waals surface area (Å²) >= 11 is 0. The third kappa shape index (κ3) is 2.54. The van der Waals surface area contributed by atoms with E-state index in [9.17, 15) is 10.0 Å². The van der Waals surface area contributed by atoms with Gasteiger partial charge in [-0.3, -0.25) is 19.7 Å². The second kappa shape index (κ2) is 5.69. The summed E-state index contributed by atoms with van der Waals surface area (Å²) < 4.78 is 0. The van der Waals surface area contributed by atoms with Crippen molar-refractivity contribution in [2.24, 2.45) is 5.16 Å². The van der Waals surface area contributed by atoms with Crippen molar-refractivity contribution >= 4 is 22.5 Å². The molecule has 1 N–H and O–H groups in total. The van der Waals surface area contributed by atoms with Gasteiger partial charge in [-0.1, -0.05) is 11.2 Å². The smallest absolute Gasteiger partial charge is 0.217 e. The molecule has 0 bridgehead atoms. The number of ketones is 1. The van der Waals surface area contributed by atoms with Crippen LogP contribution in [0.1, 0.15) is 21.7 Å². The van der Waals surface area contributed by atoms with E-state index in [0.29, 0.717) is 22.3 Å². The Morgan fingerprint density at radius 2 is 1.86 bits per heavy atom. The van der Waals surface area contributed by atoms with Crippen LogP contribution in [0.4, 0.5) is 0 Å². The molecule has 0 fully saturated rings. The second-order valence-corrected chi connectivity index (χ2v) is 4.70. The average Bonchev–Trinajstić information content (AvgIpc) is 2.55. The molecule has 0 aliphatic carbocycles. The van der Waals surface area contributed by atoms with Crippen LogP contribution in [0, 0.1) is 6.92 Å². The van der Waals surface area contributed by atoms with Crippen molar-refractivity contribution in [1.29, 1.82) is 0 Å². The van der Waals surface area contributed by atoms with Crippen molar-refractivity contribution in [3.05, 3.63) is 65.7 Å². The van der Waals surface area contributed by atoms with Gasteiger partial charge < -0.3 is 5.21 Å². The molecule has 0 saturated heterocycles. The summed E-state index contributed by atoms with van der Waals surface area (Å²) in [5.74, 6) is -0.423. The highest BCUT2D eigenvalue weighted by molar-refractivity contribution is 6.51. The highest BCUT2D eigenvalue weighted by Crippen LogP contribution is 2.14. The van der Waals surface area contributed by atoms with Gasteiger partial charge in [-0.05, 0) is 37.3 Å². The predicted octanol–water partition coefficient (Wildman–Crippen LogP) is 2.39. The number of carbonyl (C=O) groups is 1. The normalized spacial score (nSPS) is 11.6. The number of carbonyl (C=O) groups excluding carboxylic acids is 1. The minimum absolute atomic E-state index is 0.105. The Balaban J connectivity index is 2.03. The highest BCUT2D eigenvalue weighted by atomic mass is 16.4. The van der Waals surface area contributed by atoms with Gasteiger partial charge in [0.2, 0.25) is 5.78 Å². The van der Waals surface area contributed by atoms with Crippen LogP contribution in [-0.2, 0) is 0 Å². The van der Waals surface area contributed by atoms with E-state index in [1.165, 1.54) is 0 Å². The average molecular weight is 292 g/mol. The zero-order valence-electron chi connectivity index (χ0n) is 11.8.